The molecule has 0 spiro atoms. The van der Waals surface area contributed by atoms with Crippen LogP contribution in [0.4, 0.5) is 0 Å². The number of carbonyl (C=O) groups is 3. The van der Waals surface area contributed by atoms with E-state index in [1.807, 2.05) is 0 Å². The molecule has 5 N–H and O–H groups in total. The summed E-state index contributed by atoms with van der Waals surface area (Å²) in [6, 6.07) is 0. The molecule has 0 bridgehead atoms. The van der Waals surface area contributed by atoms with Crippen LogP contribution in [0.5, 0.6) is 0 Å². The first-order chi connectivity index (χ1) is 20.0. The highest BCUT2D eigenvalue weighted by molar-refractivity contribution is 5.90. The normalized spacial score (nSPS) is 15.9. The van der Waals surface area contributed by atoms with Gasteiger partial charge in [-0.15, -0.1) is 0 Å². The second kappa shape index (κ2) is 24.0. The van der Waals surface area contributed by atoms with E-state index in [0.717, 1.165) is 96.3 Å². The lowest BCUT2D eigenvalue weighted by molar-refractivity contribution is -0.209. The predicted molar refractivity (Wildman–Crippen MR) is 164 cm³/mol. The maximum Gasteiger partial charge on any atom is 0.305 e. The van der Waals surface area contributed by atoms with Gasteiger partial charge in [0.1, 0.15) is 18.8 Å². The molecule has 0 unspecified atom stereocenters. The Morgan fingerprint density at radius 1 is 0.548 bits per heavy atom. The van der Waals surface area contributed by atoms with Gasteiger partial charge in [0.15, 0.2) is 22.8 Å². The van der Waals surface area contributed by atoms with Crippen LogP contribution in [-0.4, -0.2) is 79.7 Å². The van der Waals surface area contributed by atoms with E-state index in [9.17, 15) is 39.9 Å². The van der Waals surface area contributed by atoms with Gasteiger partial charge in [0.05, 0.1) is 6.61 Å². The molecule has 0 saturated heterocycles. The second-order valence-electron chi connectivity index (χ2n) is 12.0. The van der Waals surface area contributed by atoms with E-state index in [2.05, 4.69) is 20.8 Å². The molecule has 0 aromatic heterocycles. The van der Waals surface area contributed by atoms with Gasteiger partial charge < -0.3 is 30.3 Å². The van der Waals surface area contributed by atoms with Gasteiger partial charge in [0.2, 0.25) is 0 Å². The molecule has 248 valence electrons. The number of carbonyl (C=O) groups excluding carboxylic acids is 3. The summed E-state index contributed by atoms with van der Waals surface area (Å²) in [4.78, 5) is 38.5. The zero-order valence-corrected chi connectivity index (χ0v) is 26.8. The topological polar surface area (TPSA) is 162 Å². The molecule has 9 heteroatoms. The second-order valence-corrected chi connectivity index (χ2v) is 12.0. The highest BCUT2D eigenvalue weighted by Gasteiger charge is 2.55. The van der Waals surface area contributed by atoms with Crippen molar-refractivity contribution in [3.8, 4) is 0 Å². The predicted octanol–water partition coefficient (Wildman–Crippen LogP) is 5.10. The first-order valence-corrected chi connectivity index (χ1v) is 16.7. The smallest absolute Gasteiger partial charge is 0.305 e. The van der Waals surface area contributed by atoms with Gasteiger partial charge in [-0.1, -0.05) is 117 Å². The third-order valence-corrected chi connectivity index (χ3v) is 8.19. The molecule has 0 saturated carbocycles. The summed E-state index contributed by atoms with van der Waals surface area (Å²) in [5.41, 5.74) is -5.55. The summed E-state index contributed by atoms with van der Waals surface area (Å²) in [5.74, 6) is -2.41. The summed E-state index contributed by atoms with van der Waals surface area (Å²) in [7, 11) is 0. The fourth-order valence-electron chi connectivity index (χ4n) is 5.08. The Morgan fingerprint density at radius 2 is 0.881 bits per heavy atom. The standard InChI is InChI=1S/C33H62O9/c1-4-7-10-13-16-19-22-27(35)32(40,25-34)30(38)31(39)33(41,28(36)23-20-17-14-11-8-5-2)26-42-29(37)24-21-18-15-12-9-6-3/h30-31,34,38-41H,4-26H2,1-3H3/t30-,31-,32+,33-/m0/s1. The summed E-state index contributed by atoms with van der Waals surface area (Å²) in [5, 5.41) is 54.2. The molecule has 0 aliphatic heterocycles. The van der Waals surface area contributed by atoms with Gasteiger partial charge in [0, 0.05) is 19.3 Å². The molecule has 0 aromatic rings. The Labute approximate surface area is 254 Å². The van der Waals surface area contributed by atoms with Gasteiger partial charge in [-0.05, 0) is 19.3 Å². The Hall–Kier alpha value is -1.39. The minimum atomic E-state index is -2.79. The van der Waals surface area contributed by atoms with E-state index < -0.39 is 54.2 Å². The number of ether oxygens (including phenoxy) is 1. The number of hydrogen-bond acceptors (Lipinski definition) is 9. The van der Waals surface area contributed by atoms with E-state index >= 15 is 0 Å². The molecule has 0 fully saturated rings. The van der Waals surface area contributed by atoms with Crippen molar-refractivity contribution in [3.05, 3.63) is 0 Å². The minimum Gasteiger partial charge on any atom is -0.462 e. The number of hydrogen-bond donors (Lipinski definition) is 5. The van der Waals surface area contributed by atoms with Crippen molar-refractivity contribution in [3.63, 3.8) is 0 Å². The van der Waals surface area contributed by atoms with Gasteiger partial charge in [-0.2, -0.15) is 0 Å². The lowest BCUT2D eigenvalue weighted by atomic mass is 9.78. The molecule has 4 atom stereocenters. The molecule has 0 aliphatic carbocycles. The summed E-state index contributed by atoms with van der Waals surface area (Å²) < 4.78 is 5.20. The fourth-order valence-corrected chi connectivity index (χ4v) is 5.08. The van der Waals surface area contributed by atoms with E-state index in [1.54, 1.807) is 0 Å². The molecule has 0 heterocycles. The van der Waals surface area contributed by atoms with E-state index in [-0.39, 0.29) is 19.3 Å². The van der Waals surface area contributed by atoms with Crippen LogP contribution < -0.4 is 0 Å². The van der Waals surface area contributed by atoms with Gasteiger partial charge in [0.25, 0.3) is 0 Å². The highest BCUT2D eigenvalue weighted by Crippen LogP contribution is 2.28. The van der Waals surface area contributed by atoms with Crippen molar-refractivity contribution in [2.75, 3.05) is 13.2 Å². The quantitative estimate of drug-likeness (QED) is 0.0579. The summed E-state index contributed by atoms with van der Waals surface area (Å²) in [6.45, 7) is 4.16. The molecule has 0 rings (SSSR count). The van der Waals surface area contributed by atoms with Crippen LogP contribution in [0.25, 0.3) is 0 Å². The van der Waals surface area contributed by atoms with Crippen molar-refractivity contribution < 1.29 is 44.7 Å². The molecule has 0 aromatic carbocycles. The zero-order chi connectivity index (χ0) is 31.9. The van der Waals surface area contributed by atoms with Crippen molar-refractivity contribution in [1.82, 2.24) is 0 Å². The van der Waals surface area contributed by atoms with E-state index in [1.165, 1.54) is 0 Å². The third kappa shape index (κ3) is 15.4. The average molecular weight is 603 g/mol. The van der Waals surface area contributed by atoms with Gasteiger partial charge in [-0.3, -0.25) is 14.4 Å². The maximum atomic E-state index is 13.2. The molecule has 0 amide bonds. The van der Waals surface area contributed by atoms with E-state index in [0.29, 0.717) is 19.3 Å². The van der Waals surface area contributed by atoms with E-state index in [4.69, 9.17) is 4.74 Å². The van der Waals surface area contributed by atoms with Crippen molar-refractivity contribution >= 4 is 17.5 Å². The maximum absolute atomic E-state index is 13.2. The van der Waals surface area contributed by atoms with Crippen LogP contribution in [0.2, 0.25) is 0 Å². The molecule has 42 heavy (non-hydrogen) atoms. The number of aliphatic hydroxyl groups excluding tert-OH is 3. The number of unbranched alkanes of at least 4 members (excludes halogenated alkanes) is 15. The monoisotopic (exact) mass is 602 g/mol. The lowest BCUT2D eigenvalue weighted by Crippen LogP contribution is -2.66. The Bertz CT molecular complexity index is 728. The van der Waals surface area contributed by atoms with Crippen LogP contribution in [0.3, 0.4) is 0 Å². The van der Waals surface area contributed by atoms with Crippen LogP contribution >= 0.6 is 0 Å². The molecular formula is C33H62O9. The van der Waals surface area contributed by atoms with Crippen molar-refractivity contribution in [2.24, 2.45) is 0 Å². The largest absolute Gasteiger partial charge is 0.462 e. The fraction of sp³-hybridized carbons (Fsp3) is 0.909. The minimum absolute atomic E-state index is 0.0732. The average Bonchev–Trinajstić information content (AvgIpc) is 2.99. The molecule has 0 radical (unpaired) electrons. The highest BCUT2D eigenvalue weighted by atomic mass is 16.5. The molecule has 9 nitrogen and oxygen atoms in total. The van der Waals surface area contributed by atoms with Crippen molar-refractivity contribution in [2.45, 2.75) is 179 Å². The molecule has 0 aliphatic rings. The number of ketones is 2. The SMILES string of the molecule is CCCCCCCCC(=O)OC[C@](O)(C(=O)CCCCCCCC)[C@@H](O)[C@H](O)[C@@](O)(CO)C(=O)CCCCCCCC. The lowest BCUT2D eigenvalue weighted by Gasteiger charge is -2.39. The van der Waals surface area contributed by atoms with Crippen LogP contribution in [0.1, 0.15) is 156 Å². The summed E-state index contributed by atoms with van der Waals surface area (Å²) >= 11 is 0. The van der Waals surface area contributed by atoms with Gasteiger partial charge >= 0.3 is 5.97 Å². The van der Waals surface area contributed by atoms with Crippen LogP contribution in [0.15, 0.2) is 0 Å². The van der Waals surface area contributed by atoms with Crippen molar-refractivity contribution in [1.29, 1.82) is 0 Å². The van der Waals surface area contributed by atoms with Crippen LogP contribution in [0, 0.1) is 0 Å². The van der Waals surface area contributed by atoms with Crippen LogP contribution in [-0.2, 0) is 19.1 Å². The number of aliphatic hydroxyl groups is 5. The first kappa shape index (κ1) is 40.6. The summed E-state index contributed by atoms with van der Waals surface area (Å²) in [6.07, 6.45) is 11.1. The molecular weight excluding hydrogens is 540 g/mol. The third-order valence-electron chi connectivity index (χ3n) is 8.19. The first-order valence-electron chi connectivity index (χ1n) is 16.7. The Morgan fingerprint density at radius 3 is 1.29 bits per heavy atom. The number of Topliss-reactive ketones (excluding diaryl/α,β-unsaturated/α-hetero) is 2. The Kier molecular flexibility index (Phi) is 23.2. The van der Waals surface area contributed by atoms with Gasteiger partial charge in [-0.25, -0.2) is 0 Å². The Balaban J connectivity index is 5.45. The number of rotatable bonds is 29. The zero-order valence-electron chi connectivity index (χ0n) is 26.8. The number of esters is 1.